The number of carbonyl (C=O) groups is 1. The molecule has 2 N–H and O–H groups in total. The van der Waals surface area contributed by atoms with Crippen molar-refractivity contribution in [2.24, 2.45) is 50.7 Å². The molecule has 8 nitrogen and oxygen atoms in total. The van der Waals surface area contributed by atoms with Crippen molar-refractivity contribution in [3.05, 3.63) is 0 Å². The molecule has 0 bridgehead atoms. The first kappa shape index (κ1) is 34.6. The molecule has 2 spiro atoms. The van der Waals surface area contributed by atoms with Crippen LogP contribution in [0.3, 0.4) is 0 Å². The first-order chi connectivity index (χ1) is 22.0. The number of ether oxygens (including phenoxy) is 4. The third kappa shape index (κ3) is 4.82. The summed E-state index contributed by atoms with van der Waals surface area (Å²) in [5, 5.41) is 23.6. The molecule has 5 saturated carbocycles. The van der Waals surface area contributed by atoms with E-state index in [1.807, 2.05) is 0 Å². The van der Waals surface area contributed by atoms with Gasteiger partial charge in [-0.3, -0.25) is 9.69 Å². The molecule has 14 atom stereocenters. The zero-order valence-electron chi connectivity index (χ0n) is 30.2. The van der Waals surface area contributed by atoms with Gasteiger partial charge in [-0.25, -0.2) is 4.39 Å². The van der Waals surface area contributed by atoms with Crippen molar-refractivity contribution in [1.82, 2.24) is 4.90 Å². The van der Waals surface area contributed by atoms with Crippen LogP contribution < -0.4 is 0 Å². The number of carbonyl (C=O) groups excluding carboxylic acids is 1. The molecule has 0 aromatic heterocycles. The smallest absolute Gasteiger partial charge is 0.303 e. The van der Waals surface area contributed by atoms with Gasteiger partial charge >= 0.3 is 5.97 Å². The van der Waals surface area contributed by atoms with Gasteiger partial charge in [0, 0.05) is 32.0 Å². The van der Waals surface area contributed by atoms with Crippen LogP contribution in [0.1, 0.15) is 107 Å². The van der Waals surface area contributed by atoms with Crippen molar-refractivity contribution in [3.63, 3.8) is 0 Å². The SMILES string of the molecule is CC(=O)OC(C1CC(C)C2C(O1)C(O)C1(C)C3CCC4C(C)(C)C(OC5CN(CCF)CCO5)CCC45CC35CCC21C)C(C)(C)O. The third-order valence-electron chi connectivity index (χ3n) is 15.9. The van der Waals surface area contributed by atoms with Crippen molar-refractivity contribution in [2.75, 3.05) is 32.9 Å². The summed E-state index contributed by atoms with van der Waals surface area (Å²) >= 11 is 0. The molecule has 2 aliphatic heterocycles. The second-order valence-electron chi connectivity index (χ2n) is 18.7. The molecule has 9 heteroatoms. The van der Waals surface area contributed by atoms with Crippen LogP contribution in [0.4, 0.5) is 4.39 Å². The fourth-order valence-corrected chi connectivity index (χ4v) is 13.9. The van der Waals surface area contributed by atoms with Crippen LogP contribution >= 0.6 is 0 Å². The molecule has 2 saturated heterocycles. The summed E-state index contributed by atoms with van der Waals surface area (Å²) in [4.78, 5) is 14.2. The number of aliphatic hydroxyl groups is 2. The number of alkyl halides is 1. The molecule has 0 aromatic rings. The minimum Gasteiger partial charge on any atom is -0.457 e. The molecule has 0 radical (unpaired) electrons. The van der Waals surface area contributed by atoms with Gasteiger partial charge in [-0.1, -0.05) is 34.6 Å². The van der Waals surface area contributed by atoms with Gasteiger partial charge in [0.05, 0.1) is 36.6 Å². The maximum Gasteiger partial charge on any atom is 0.303 e. The van der Waals surface area contributed by atoms with Crippen LogP contribution in [-0.2, 0) is 23.7 Å². The van der Waals surface area contributed by atoms with Crippen molar-refractivity contribution in [3.8, 4) is 0 Å². The molecule has 14 unspecified atom stereocenters. The predicted octanol–water partition coefficient (Wildman–Crippen LogP) is 5.52. The Kier molecular flexibility index (Phi) is 8.34. The lowest BCUT2D eigenvalue weighted by atomic mass is 9.41. The van der Waals surface area contributed by atoms with E-state index >= 15 is 0 Å². The summed E-state index contributed by atoms with van der Waals surface area (Å²) in [5.41, 5.74) is -1.12. The van der Waals surface area contributed by atoms with Crippen LogP contribution in [0, 0.1) is 50.7 Å². The van der Waals surface area contributed by atoms with Gasteiger partial charge in [-0.05, 0) is 111 Å². The maximum atomic E-state index is 13.1. The Morgan fingerprint density at radius 2 is 1.79 bits per heavy atom. The van der Waals surface area contributed by atoms with Crippen LogP contribution in [0.25, 0.3) is 0 Å². The molecular weight excluding hydrogens is 601 g/mol. The standard InChI is InChI=1S/C38H62FNO7/c1-22-19-24(32(34(5,6)43)45-23(2)41)46-30-29(22)35(7)13-14-38-21-37(38)12-11-27(47-28-20-40(16-15-39)17-18-44-28)33(3,4)25(37)9-10-26(38)36(35,8)31(30)42/h22,24-32,42-43H,9-21H2,1-8H3. The van der Waals surface area contributed by atoms with Crippen LogP contribution in [0.2, 0.25) is 0 Å². The monoisotopic (exact) mass is 663 g/mol. The summed E-state index contributed by atoms with van der Waals surface area (Å²) in [6, 6.07) is 0. The number of aliphatic hydroxyl groups excluding tert-OH is 1. The van der Waals surface area contributed by atoms with E-state index in [4.69, 9.17) is 18.9 Å². The lowest BCUT2D eigenvalue weighted by Crippen LogP contribution is -2.60. The molecule has 0 amide bonds. The highest BCUT2D eigenvalue weighted by Crippen LogP contribution is 2.89. The fraction of sp³-hybridized carbons (Fsp3) is 0.974. The average molecular weight is 664 g/mol. The molecule has 47 heavy (non-hydrogen) atoms. The van der Waals surface area contributed by atoms with E-state index in [9.17, 15) is 19.4 Å². The molecule has 7 fully saturated rings. The Hall–Kier alpha value is -0.840. The topological polar surface area (TPSA) is 97.7 Å². The van der Waals surface area contributed by atoms with Gasteiger partial charge < -0.3 is 29.2 Å². The highest BCUT2D eigenvalue weighted by atomic mass is 19.1. The van der Waals surface area contributed by atoms with Gasteiger partial charge in [0.15, 0.2) is 12.4 Å². The fourth-order valence-electron chi connectivity index (χ4n) is 13.9. The second kappa shape index (κ2) is 11.3. The number of fused-ring (bicyclic) bond motifs is 4. The molecule has 2 heterocycles. The zero-order chi connectivity index (χ0) is 33.9. The van der Waals surface area contributed by atoms with Crippen molar-refractivity contribution >= 4 is 5.97 Å². The van der Waals surface area contributed by atoms with Gasteiger partial charge in [0.1, 0.15) is 6.67 Å². The second-order valence-corrected chi connectivity index (χ2v) is 18.7. The van der Waals surface area contributed by atoms with Crippen molar-refractivity contribution in [2.45, 2.75) is 149 Å². The molecule has 7 rings (SSSR count). The minimum atomic E-state index is -1.26. The lowest BCUT2D eigenvalue weighted by molar-refractivity contribution is -0.249. The number of hydrogen-bond donors (Lipinski definition) is 2. The first-order valence-electron chi connectivity index (χ1n) is 18.7. The van der Waals surface area contributed by atoms with Gasteiger partial charge in [-0.15, -0.1) is 0 Å². The largest absolute Gasteiger partial charge is 0.457 e. The molecule has 268 valence electrons. The summed E-state index contributed by atoms with van der Waals surface area (Å²) in [6.07, 6.45) is 6.21. The molecule has 7 aliphatic rings. The number of hydrogen-bond acceptors (Lipinski definition) is 8. The Bertz CT molecular complexity index is 1220. The summed E-state index contributed by atoms with van der Waals surface area (Å²) in [5.74, 6) is 1.01. The van der Waals surface area contributed by atoms with E-state index in [-0.39, 0.29) is 64.1 Å². The Morgan fingerprint density at radius 1 is 1.09 bits per heavy atom. The van der Waals surface area contributed by atoms with Gasteiger partial charge in [-0.2, -0.15) is 0 Å². The molecule has 0 aromatic carbocycles. The Morgan fingerprint density at radius 3 is 2.47 bits per heavy atom. The molecule has 5 aliphatic carbocycles. The third-order valence-corrected chi connectivity index (χ3v) is 15.9. The van der Waals surface area contributed by atoms with E-state index in [1.165, 1.54) is 19.8 Å². The number of nitrogens with zero attached hydrogens (tertiary/aromatic N) is 1. The number of morpholine rings is 1. The van der Waals surface area contributed by atoms with Crippen LogP contribution in [0.5, 0.6) is 0 Å². The van der Waals surface area contributed by atoms with Crippen molar-refractivity contribution < 1.29 is 38.3 Å². The lowest BCUT2D eigenvalue weighted by Gasteiger charge is -2.64. The summed E-state index contributed by atoms with van der Waals surface area (Å²) < 4.78 is 38.4. The van der Waals surface area contributed by atoms with Crippen LogP contribution in [0.15, 0.2) is 0 Å². The molecular formula is C38H62FNO7. The predicted molar refractivity (Wildman–Crippen MR) is 175 cm³/mol. The highest BCUT2D eigenvalue weighted by molar-refractivity contribution is 5.66. The first-order valence-corrected chi connectivity index (χ1v) is 18.7. The van der Waals surface area contributed by atoms with E-state index in [0.717, 1.165) is 38.6 Å². The van der Waals surface area contributed by atoms with E-state index in [0.29, 0.717) is 38.0 Å². The summed E-state index contributed by atoms with van der Waals surface area (Å²) in [7, 11) is 0. The van der Waals surface area contributed by atoms with E-state index in [2.05, 4.69) is 39.5 Å². The normalized spacial score (nSPS) is 51.1. The van der Waals surface area contributed by atoms with E-state index in [1.54, 1.807) is 13.8 Å². The van der Waals surface area contributed by atoms with Crippen LogP contribution in [-0.4, -0.2) is 96.4 Å². The van der Waals surface area contributed by atoms with E-state index < -0.39 is 29.9 Å². The number of rotatable bonds is 7. The maximum absolute atomic E-state index is 13.1. The van der Waals surface area contributed by atoms with Gasteiger partial charge in [0.2, 0.25) is 0 Å². The average Bonchev–Trinajstić information content (AvgIpc) is 3.62. The van der Waals surface area contributed by atoms with Gasteiger partial charge in [0.25, 0.3) is 0 Å². The Balaban J connectivity index is 1.13. The number of halogens is 1. The summed E-state index contributed by atoms with van der Waals surface area (Å²) in [6.45, 7) is 18.8. The zero-order valence-corrected chi connectivity index (χ0v) is 30.2. The number of esters is 1. The Labute approximate surface area is 281 Å². The van der Waals surface area contributed by atoms with Crippen molar-refractivity contribution in [1.29, 1.82) is 0 Å². The highest BCUT2D eigenvalue weighted by Gasteiger charge is 2.84. The quantitative estimate of drug-likeness (QED) is 0.344. The minimum absolute atomic E-state index is 0.00392.